The summed E-state index contributed by atoms with van der Waals surface area (Å²) in [6.45, 7) is 0.451. The number of aromatic nitrogens is 2. The molecule has 3 rings (SSSR count). The van der Waals surface area contributed by atoms with Gasteiger partial charge in [0.2, 0.25) is 0 Å². The molecule has 0 saturated heterocycles. The average Bonchev–Trinajstić information content (AvgIpc) is 3.09. The average molecular weight is 284 g/mol. The minimum absolute atomic E-state index is 0.0627. The summed E-state index contributed by atoms with van der Waals surface area (Å²) in [6.07, 6.45) is 6.99. The quantitative estimate of drug-likeness (QED) is 0.939. The number of imidazole rings is 1. The van der Waals surface area contributed by atoms with Gasteiger partial charge in [0, 0.05) is 36.2 Å². The van der Waals surface area contributed by atoms with Crippen molar-refractivity contribution in [3.63, 3.8) is 0 Å². The molecule has 2 aromatic rings. The van der Waals surface area contributed by atoms with E-state index >= 15 is 0 Å². The van der Waals surface area contributed by atoms with E-state index in [1.165, 1.54) is 6.08 Å². The van der Waals surface area contributed by atoms with Crippen LogP contribution in [0.25, 0.3) is 0 Å². The van der Waals surface area contributed by atoms with Crippen molar-refractivity contribution in [1.82, 2.24) is 9.97 Å². The van der Waals surface area contributed by atoms with E-state index in [2.05, 4.69) is 9.97 Å². The Morgan fingerprint density at radius 1 is 1.19 bits per heavy atom. The predicted octanol–water partition coefficient (Wildman–Crippen LogP) is 2.44. The lowest BCUT2D eigenvalue weighted by atomic mass is 9.88. The highest BCUT2D eigenvalue weighted by Crippen LogP contribution is 2.22. The maximum Gasteiger partial charge on any atom is 0.189 e. The van der Waals surface area contributed by atoms with Crippen LogP contribution in [0.3, 0.4) is 0 Å². The van der Waals surface area contributed by atoms with Crippen LogP contribution in [-0.4, -0.2) is 35.3 Å². The fourth-order valence-electron chi connectivity index (χ4n) is 1.98. The smallest absolute Gasteiger partial charge is 0.189 e. The molecule has 0 spiro atoms. The third-order valence-corrected chi connectivity index (χ3v) is 3.02. The van der Waals surface area contributed by atoms with Crippen molar-refractivity contribution >= 4 is 11.6 Å². The van der Waals surface area contributed by atoms with Gasteiger partial charge in [-0.15, -0.1) is 0 Å². The van der Waals surface area contributed by atoms with Crippen molar-refractivity contribution in [3.8, 4) is 0 Å². The minimum Gasteiger partial charge on any atom is -0.384 e. The Morgan fingerprint density at radius 3 is 2.52 bits per heavy atom. The Morgan fingerprint density at radius 2 is 1.95 bits per heavy atom. The number of carbonyl (C=O) groups is 2. The van der Waals surface area contributed by atoms with Crippen LogP contribution in [-0.2, 0) is 4.74 Å². The maximum absolute atomic E-state index is 12.0. The molecule has 5 heteroatoms. The number of Topliss-reactive ketones (excluding diaryl/α,β-unsaturated/α-hetero) is 1. The van der Waals surface area contributed by atoms with Crippen molar-refractivity contribution < 1.29 is 14.3 Å². The monoisotopic (exact) mass is 284 g/mol. The third-order valence-electron chi connectivity index (χ3n) is 3.02. The van der Waals surface area contributed by atoms with E-state index in [0.717, 1.165) is 0 Å². The van der Waals surface area contributed by atoms with Crippen LogP contribution < -0.4 is 0 Å². The molecule has 0 aliphatic heterocycles. The highest BCUT2D eigenvalue weighted by molar-refractivity contribution is 6.24. The molecule has 0 amide bonds. The van der Waals surface area contributed by atoms with Gasteiger partial charge >= 0.3 is 0 Å². The number of H-pyrrole nitrogens is 1. The molecule has 0 radical (unpaired) electrons. The summed E-state index contributed by atoms with van der Waals surface area (Å²) in [6, 6.07) is 6.90. The Hall–Kier alpha value is -2.53. The minimum atomic E-state index is -0.0960. The lowest BCUT2D eigenvalue weighted by Crippen LogP contribution is -2.17. The van der Waals surface area contributed by atoms with Gasteiger partial charge in [0.15, 0.2) is 11.6 Å². The summed E-state index contributed by atoms with van der Waals surface area (Å²) in [5.74, 6) is -0.159. The number of rotatable bonds is 3. The van der Waals surface area contributed by atoms with Gasteiger partial charge in [0.05, 0.1) is 12.9 Å². The number of benzene rings is 1. The van der Waals surface area contributed by atoms with Crippen LogP contribution in [0, 0.1) is 0 Å². The third kappa shape index (κ3) is 3.73. The molecule has 1 aliphatic carbocycles. The van der Waals surface area contributed by atoms with Gasteiger partial charge in [-0.1, -0.05) is 24.3 Å². The van der Waals surface area contributed by atoms with E-state index in [0.29, 0.717) is 29.7 Å². The lowest BCUT2D eigenvalue weighted by molar-refractivity contribution is 0.0975. The van der Waals surface area contributed by atoms with Gasteiger partial charge in [-0.3, -0.25) is 9.59 Å². The number of nitrogens with zero attached hydrogens (tertiary/aromatic N) is 1. The van der Waals surface area contributed by atoms with E-state index in [-0.39, 0.29) is 11.6 Å². The number of methoxy groups -OCH3 is 1. The van der Waals surface area contributed by atoms with Crippen LogP contribution >= 0.6 is 0 Å². The van der Waals surface area contributed by atoms with Gasteiger partial charge in [0.25, 0.3) is 0 Å². The molecule has 1 aliphatic rings. The molecule has 5 nitrogen and oxygen atoms in total. The van der Waals surface area contributed by atoms with Crippen molar-refractivity contribution in [2.75, 3.05) is 13.7 Å². The van der Waals surface area contributed by atoms with Crippen LogP contribution in [0.2, 0.25) is 0 Å². The number of hydrogen-bond acceptors (Lipinski definition) is 4. The first-order valence-electron chi connectivity index (χ1n) is 6.54. The molecule has 1 heterocycles. The van der Waals surface area contributed by atoms with Crippen molar-refractivity contribution in [2.24, 2.45) is 0 Å². The topological polar surface area (TPSA) is 72.1 Å². The molecule has 108 valence electrons. The van der Waals surface area contributed by atoms with Crippen molar-refractivity contribution in [1.29, 1.82) is 0 Å². The second kappa shape index (κ2) is 7.31. The van der Waals surface area contributed by atoms with Crippen LogP contribution in [0.1, 0.15) is 27.1 Å². The largest absolute Gasteiger partial charge is 0.384 e. The zero-order valence-corrected chi connectivity index (χ0v) is 11.7. The highest BCUT2D eigenvalue weighted by atomic mass is 16.5. The van der Waals surface area contributed by atoms with Crippen molar-refractivity contribution in [2.45, 2.75) is 6.42 Å². The number of ether oxygens (including phenoxy) is 1. The van der Waals surface area contributed by atoms with Crippen LogP contribution in [0.5, 0.6) is 0 Å². The number of aromatic amines is 1. The van der Waals surface area contributed by atoms with E-state index < -0.39 is 0 Å². The molecule has 0 bridgehead atoms. The fourth-order valence-corrected chi connectivity index (χ4v) is 1.98. The number of hydrogen-bond donors (Lipinski definition) is 1. The summed E-state index contributed by atoms with van der Waals surface area (Å²) in [4.78, 5) is 30.1. The van der Waals surface area contributed by atoms with E-state index in [1.807, 2.05) is 0 Å². The summed E-state index contributed by atoms with van der Waals surface area (Å²) in [7, 11) is 1.57. The lowest BCUT2D eigenvalue weighted by Gasteiger charge is -2.14. The molecule has 21 heavy (non-hydrogen) atoms. The zero-order valence-electron chi connectivity index (χ0n) is 11.7. The molecule has 1 aromatic heterocycles. The Bertz CT molecular complexity index is 628. The molecule has 1 N–H and O–H groups in total. The van der Waals surface area contributed by atoms with Gasteiger partial charge in [-0.05, 0) is 12.5 Å². The van der Waals surface area contributed by atoms with Gasteiger partial charge in [-0.25, -0.2) is 4.98 Å². The second-order valence-corrected chi connectivity index (χ2v) is 4.41. The van der Waals surface area contributed by atoms with Crippen LogP contribution in [0.15, 0.2) is 54.6 Å². The molecule has 0 saturated carbocycles. The molecular weight excluding hydrogens is 268 g/mol. The normalized spacial score (nSPS) is 13.1. The Balaban J connectivity index is 0.000000272. The Labute approximate surface area is 122 Å². The fraction of sp³-hybridized carbons (Fsp3) is 0.188. The predicted molar refractivity (Wildman–Crippen MR) is 78.3 cm³/mol. The number of allylic oxidation sites excluding steroid dienone is 1. The number of carbonyl (C=O) groups excluding carboxylic acids is 2. The Kier molecular flexibility index (Phi) is 5.17. The highest BCUT2D eigenvalue weighted by Gasteiger charge is 2.24. The van der Waals surface area contributed by atoms with E-state index in [4.69, 9.17) is 4.74 Å². The maximum atomic E-state index is 12.0. The summed E-state index contributed by atoms with van der Waals surface area (Å²) >= 11 is 0. The number of ketones is 2. The molecule has 1 aromatic carbocycles. The number of fused-ring (bicyclic) bond motifs is 1. The second-order valence-electron chi connectivity index (χ2n) is 4.41. The molecule has 0 fully saturated rings. The summed E-state index contributed by atoms with van der Waals surface area (Å²) in [5.41, 5.74) is 1.53. The first kappa shape index (κ1) is 14.9. The zero-order chi connectivity index (χ0) is 15.1. The van der Waals surface area contributed by atoms with E-state index in [9.17, 15) is 9.59 Å². The molecule has 0 unspecified atom stereocenters. The summed E-state index contributed by atoms with van der Waals surface area (Å²) < 4.78 is 4.91. The van der Waals surface area contributed by atoms with Gasteiger partial charge < -0.3 is 9.72 Å². The van der Waals surface area contributed by atoms with Crippen LogP contribution in [0.4, 0.5) is 0 Å². The van der Waals surface area contributed by atoms with Gasteiger partial charge in [0.1, 0.15) is 0 Å². The number of nitrogens with one attached hydrogen (secondary N) is 1. The SMILES string of the molecule is COCCC1=CC(=O)c2ccccc2C1=O.c1c[nH]cn1. The first-order chi connectivity index (χ1) is 10.2. The standard InChI is InChI=1S/C13H12O3.C3H4N2/c1-16-7-6-9-8-12(14)10-4-2-3-5-11(10)13(9)15;1-2-5-3-4-1/h2-5,8H,6-7H2,1H3;1-3H,(H,4,5). The molecule has 0 atom stereocenters. The van der Waals surface area contributed by atoms with Crippen molar-refractivity contribution in [3.05, 3.63) is 65.8 Å². The summed E-state index contributed by atoms with van der Waals surface area (Å²) in [5, 5.41) is 0. The first-order valence-corrected chi connectivity index (χ1v) is 6.54. The van der Waals surface area contributed by atoms with Gasteiger partial charge in [-0.2, -0.15) is 0 Å². The molecular formula is C16H16N2O3. The van der Waals surface area contributed by atoms with E-state index in [1.54, 1.807) is 50.1 Å².